The summed E-state index contributed by atoms with van der Waals surface area (Å²) in [5.41, 5.74) is 2.33. The Labute approximate surface area is 91.4 Å². The first-order valence-electron chi connectivity index (χ1n) is 5.84. The van der Waals surface area contributed by atoms with Gasteiger partial charge in [0, 0.05) is 18.2 Å². The molecule has 0 radical (unpaired) electrons. The van der Waals surface area contributed by atoms with Crippen LogP contribution in [0.3, 0.4) is 0 Å². The van der Waals surface area contributed by atoms with E-state index in [4.69, 9.17) is 4.52 Å². The van der Waals surface area contributed by atoms with Crippen molar-refractivity contribution in [2.45, 2.75) is 52.6 Å². The number of rotatable bonds is 2. The summed E-state index contributed by atoms with van der Waals surface area (Å²) in [5, 5.41) is 4.01. The predicted octanol–water partition coefficient (Wildman–Crippen LogP) is 2.67. The molecule has 0 bridgehead atoms. The van der Waals surface area contributed by atoms with Crippen LogP contribution in [0.1, 0.15) is 43.2 Å². The molecule has 0 N–H and O–H groups in total. The highest BCUT2D eigenvalue weighted by Gasteiger charge is 2.21. The summed E-state index contributed by atoms with van der Waals surface area (Å²) in [6.45, 7) is 8.56. The average molecular weight is 208 g/mol. The van der Waals surface area contributed by atoms with E-state index in [0.717, 1.165) is 18.0 Å². The zero-order chi connectivity index (χ0) is 10.8. The molecule has 2 rings (SSSR count). The van der Waals surface area contributed by atoms with Crippen LogP contribution in [0.4, 0.5) is 0 Å². The van der Waals surface area contributed by atoms with Crippen molar-refractivity contribution in [3.8, 4) is 0 Å². The molecule has 3 nitrogen and oxygen atoms in total. The van der Waals surface area contributed by atoms with Crippen LogP contribution < -0.4 is 0 Å². The van der Waals surface area contributed by atoms with Crippen molar-refractivity contribution >= 4 is 0 Å². The van der Waals surface area contributed by atoms with E-state index in [1.165, 1.54) is 31.4 Å². The molecule has 0 aromatic carbocycles. The maximum atomic E-state index is 5.20. The van der Waals surface area contributed by atoms with Gasteiger partial charge in [-0.15, -0.1) is 0 Å². The Balaban J connectivity index is 2.07. The first kappa shape index (κ1) is 10.7. The third-order valence-corrected chi connectivity index (χ3v) is 3.48. The molecular weight excluding hydrogens is 188 g/mol. The van der Waals surface area contributed by atoms with Crippen molar-refractivity contribution in [1.82, 2.24) is 10.1 Å². The number of piperidine rings is 1. The number of aryl methyl sites for hydroxylation is 2. The van der Waals surface area contributed by atoms with Gasteiger partial charge in [0.2, 0.25) is 0 Å². The fraction of sp³-hybridized carbons (Fsp3) is 0.750. The monoisotopic (exact) mass is 208 g/mol. The highest BCUT2D eigenvalue weighted by Crippen LogP contribution is 2.21. The molecule has 1 aromatic heterocycles. The normalized spacial score (nSPS) is 23.3. The lowest BCUT2D eigenvalue weighted by molar-refractivity contribution is 0.151. The van der Waals surface area contributed by atoms with Crippen LogP contribution in [0.15, 0.2) is 4.52 Å². The van der Waals surface area contributed by atoms with Crippen molar-refractivity contribution in [3.05, 3.63) is 17.0 Å². The third kappa shape index (κ3) is 2.23. The van der Waals surface area contributed by atoms with E-state index in [9.17, 15) is 0 Å². The largest absolute Gasteiger partial charge is 0.361 e. The molecular formula is C12H20N2O. The average Bonchev–Trinajstić information content (AvgIpc) is 2.53. The molecule has 1 aliphatic heterocycles. The molecule has 1 unspecified atom stereocenters. The molecule has 1 fully saturated rings. The molecule has 1 atom stereocenters. The van der Waals surface area contributed by atoms with Crippen LogP contribution in [0.25, 0.3) is 0 Å². The fourth-order valence-corrected chi connectivity index (χ4v) is 2.32. The lowest BCUT2D eigenvalue weighted by Crippen LogP contribution is -2.36. The van der Waals surface area contributed by atoms with Gasteiger partial charge in [-0.3, -0.25) is 4.90 Å². The fourth-order valence-electron chi connectivity index (χ4n) is 2.32. The Bertz CT molecular complexity index is 313. The van der Waals surface area contributed by atoms with E-state index < -0.39 is 0 Å². The van der Waals surface area contributed by atoms with Crippen molar-refractivity contribution in [2.24, 2.45) is 0 Å². The van der Waals surface area contributed by atoms with Crippen molar-refractivity contribution < 1.29 is 4.52 Å². The Kier molecular flexibility index (Phi) is 3.10. The first-order valence-corrected chi connectivity index (χ1v) is 5.84. The topological polar surface area (TPSA) is 29.3 Å². The number of hydrogen-bond donors (Lipinski definition) is 0. The van der Waals surface area contributed by atoms with Crippen LogP contribution in [-0.2, 0) is 6.54 Å². The van der Waals surface area contributed by atoms with Crippen molar-refractivity contribution in [2.75, 3.05) is 6.54 Å². The quantitative estimate of drug-likeness (QED) is 0.748. The van der Waals surface area contributed by atoms with Crippen LogP contribution in [0.2, 0.25) is 0 Å². The second-order valence-electron chi connectivity index (χ2n) is 4.62. The zero-order valence-corrected chi connectivity index (χ0v) is 9.92. The van der Waals surface area contributed by atoms with Gasteiger partial charge in [-0.25, -0.2) is 0 Å². The molecule has 0 amide bonds. The van der Waals surface area contributed by atoms with Gasteiger partial charge in [-0.05, 0) is 40.2 Å². The number of hydrogen-bond acceptors (Lipinski definition) is 3. The Morgan fingerprint density at radius 1 is 1.40 bits per heavy atom. The summed E-state index contributed by atoms with van der Waals surface area (Å²) in [7, 11) is 0. The number of aromatic nitrogens is 1. The molecule has 0 spiro atoms. The predicted molar refractivity (Wildman–Crippen MR) is 59.7 cm³/mol. The van der Waals surface area contributed by atoms with Gasteiger partial charge < -0.3 is 4.52 Å². The van der Waals surface area contributed by atoms with Gasteiger partial charge in [-0.1, -0.05) is 11.6 Å². The van der Waals surface area contributed by atoms with Crippen LogP contribution in [-0.4, -0.2) is 22.6 Å². The number of nitrogens with zero attached hydrogens (tertiary/aromatic N) is 2. The molecule has 0 aliphatic carbocycles. The van der Waals surface area contributed by atoms with Gasteiger partial charge in [0.1, 0.15) is 5.76 Å². The lowest BCUT2D eigenvalue weighted by atomic mass is 10.0. The Morgan fingerprint density at radius 3 is 2.80 bits per heavy atom. The van der Waals surface area contributed by atoms with E-state index in [1.807, 2.05) is 13.8 Å². The van der Waals surface area contributed by atoms with E-state index in [2.05, 4.69) is 17.0 Å². The molecule has 2 heterocycles. The van der Waals surface area contributed by atoms with Gasteiger partial charge in [0.15, 0.2) is 0 Å². The minimum Gasteiger partial charge on any atom is -0.361 e. The van der Waals surface area contributed by atoms with Gasteiger partial charge in [-0.2, -0.15) is 0 Å². The summed E-state index contributed by atoms with van der Waals surface area (Å²) < 4.78 is 5.20. The molecule has 3 heteroatoms. The maximum Gasteiger partial charge on any atom is 0.138 e. The van der Waals surface area contributed by atoms with Gasteiger partial charge >= 0.3 is 0 Å². The second-order valence-corrected chi connectivity index (χ2v) is 4.62. The minimum absolute atomic E-state index is 0.701. The van der Waals surface area contributed by atoms with Crippen molar-refractivity contribution in [1.29, 1.82) is 0 Å². The summed E-state index contributed by atoms with van der Waals surface area (Å²) in [5.74, 6) is 0.977. The number of likely N-dealkylation sites (tertiary alicyclic amines) is 1. The van der Waals surface area contributed by atoms with Crippen LogP contribution >= 0.6 is 0 Å². The smallest absolute Gasteiger partial charge is 0.138 e. The van der Waals surface area contributed by atoms with Crippen molar-refractivity contribution in [3.63, 3.8) is 0 Å². The highest BCUT2D eigenvalue weighted by molar-refractivity contribution is 5.20. The van der Waals surface area contributed by atoms with E-state index in [1.54, 1.807) is 0 Å². The van der Waals surface area contributed by atoms with Crippen LogP contribution in [0.5, 0.6) is 0 Å². The molecule has 1 saturated heterocycles. The van der Waals surface area contributed by atoms with E-state index in [0.29, 0.717) is 6.04 Å². The first-order chi connectivity index (χ1) is 7.18. The van der Waals surface area contributed by atoms with E-state index in [-0.39, 0.29) is 0 Å². The summed E-state index contributed by atoms with van der Waals surface area (Å²) in [4.78, 5) is 2.54. The Morgan fingerprint density at radius 2 is 2.20 bits per heavy atom. The summed E-state index contributed by atoms with van der Waals surface area (Å²) in [6, 6.07) is 0.701. The highest BCUT2D eigenvalue weighted by atomic mass is 16.5. The molecule has 1 aromatic rings. The van der Waals surface area contributed by atoms with E-state index >= 15 is 0 Å². The molecule has 1 aliphatic rings. The second kappa shape index (κ2) is 4.35. The van der Waals surface area contributed by atoms with Gasteiger partial charge in [0.05, 0.1) is 5.69 Å². The summed E-state index contributed by atoms with van der Waals surface area (Å²) in [6.07, 6.45) is 4.02. The standard InChI is InChI=1S/C12H20N2O/c1-9-6-4-5-7-14(9)8-12-10(2)13-15-11(12)3/h9H,4-8H2,1-3H3. The van der Waals surface area contributed by atoms with Gasteiger partial charge in [0.25, 0.3) is 0 Å². The van der Waals surface area contributed by atoms with Crippen LogP contribution in [0, 0.1) is 13.8 Å². The SMILES string of the molecule is Cc1noc(C)c1CN1CCCCC1C. The Hall–Kier alpha value is -0.830. The summed E-state index contributed by atoms with van der Waals surface area (Å²) >= 11 is 0. The minimum atomic E-state index is 0.701. The molecule has 15 heavy (non-hydrogen) atoms. The maximum absolute atomic E-state index is 5.20. The third-order valence-electron chi connectivity index (χ3n) is 3.48. The zero-order valence-electron chi connectivity index (χ0n) is 9.92. The lowest BCUT2D eigenvalue weighted by Gasteiger charge is -2.33. The molecule has 84 valence electrons. The molecule has 0 saturated carbocycles.